The zero-order valence-electron chi connectivity index (χ0n) is 18.9. The van der Waals surface area contributed by atoms with Crippen LogP contribution in [0, 0.1) is 24.0 Å². The van der Waals surface area contributed by atoms with Crippen molar-refractivity contribution in [2.24, 2.45) is 0 Å². The van der Waals surface area contributed by atoms with E-state index in [0.717, 1.165) is 16.9 Å². The molecular weight excluding hydrogens is 476 g/mol. The summed E-state index contributed by atoms with van der Waals surface area (Å²) in [6.07, 6.45) is 3.14. The van der Waals surface area contributed by atoms with Crippen molar-refractivity contribution in [2.45, 2.75) is 27.2 Å². The minimum atomic E-state index is -0.545. The van der Waals surface area contributed by atoms with E-state index in [1.54, 1.807) is 16.9 Å². The molecule has 0 radical (unpaired) electrons. The molecule has 4 rings (SSSR count). The van der Waals surface area contributed by atoms with Gasteiger partial charge in [0, 0.05) is 6.07 Å². The maximum Gasteiger partial charge on any atom is 0.291 e. The molecule has 1 N–H and O–H groups in total. The van der Waals surface area contributed by atoms with Crippen LogP contribution in [-0.2, 0) is 13.3 Å². The van der Waals surface area contributed by atoms with Gasteiger partial charge in [-0.2, -0.15) is 5.10 Å². The van der Waals surface area contributed by atoms with Gasteiger partial charge in [-0.1, -0.05) is 29.3 Å². The zero-order chi connectivity index (χ0) is 24.9. The summed E-state index contributed by atoms with van der Waals surface area (Å²) in [6, 6.07) is 12.9. The molecule has 0 aliphatic heterocycles. The van der Waals surface area contributed by atoms with Crippen molar-refractivity contribution in [1.82, 2.24) is 9.78 Å². The van der Waals surface area contributed by atoms with Gasteiger partial charge in [0.05, 0.1) is 34.1 Å². The number of hydrogen-bond acceptors (Lipinski definition) is 7. The Morgan fingerprint density at radius 3 is 2.74 bits per heavy atom. The fourth-order valence-electron chi connectivity index (χ4n) is 3.23. The van der Waals surface area contributed by atoms with E-state index in [0.29, 0.717) is 11.4 Å². The largest absolute Gasteiger partial charge is 0.484 e. The van der Waals surface area contributed by atoms with E-state index in [2.05, 4.69) is 10.4 Å². The number of furan rings is 1. The smallest absolute Gasteiger partial charge is 0.291 e. The summed E-state index contributed by atoms with van der Waals surface area (Å²) in [5.74, 6) is 0.829. The number of aromatic nitrogens is 2. The highest BCUT2D eigenvalue weighted by atomic mass is 35.5. The molecule has 0 aliphatic rings. The number of nitro groups is 1. The lowest BCUT2D eigenvalue weighted by Crippen LogP contribution is -2.10. The number of halogens is 1. The second-order valence-corrected chi connectivity index (χ2v) is 8.10. The standard InChI is InChI=1S/C24H21ClN4O6/c1-15-3-7-21(16(2)9-15)34-14-28-12-17(11-26-28)27-24(30)22-8-5-19(35-22)13-33-23-10-18(29(31)32)4-6-20(23)25/h3-12H,13-14H2,1-2H3,(H,27,30). The molecule has 0 spiro atoms. The SMILES string of the molecule is Cc1ccc(OCn2cc(NC(=O)c3ccc(COc4cc([N+](=O)[O-])ccc4Cl)o3)cn2)c(C)c1. The first-order chi connectivity index (χ1) is 16.8. The molecule has 11 heteroatoms. The van der Waals surface area contributed by atoms with E-state index in [-0.39, 0.29) is 35.6 Å². The number of nitrogens with one attached hydrogen (secondary N) is 1. The number of carbonyl (C=O) groups excluding carboxylic acids is 1. The third-order valence-electron chi connectivity index (χ3n) is 4.95. The van der Waals surface area contributed by atoms with Crippen molar-refractivity contribution in [1.29, 1.82) is 0 Å². The summed E-state index contributed by atoms with van der Waals surface area (Å²) >= 11 is 6.03. The molecule has 0 saturated carbocycles. The highest BCUT2D eigenvalue weighted by molar-refractivity contribution is 6.32. The van der Waals surface area contributed by atoms with Gasteiger partial charge in [-0.05, 0) is 43.7 Å². The van der Waals surface area contributed by atoms with E-state index in [1.165, 1.54) is 30.5 Å². The Bertz CT molecular complexity index is 1380. The van der Waals surface area contributed by atoms with Crippen LogP contribution < -0.4 is 14.8 Å². The lowest BCUT2D eigenvalue weighted by molar-refractivity contribution is -0.384. The number of nitro benzene ring substituents is 1. The molecule has 0 fully saturated rings. The van der Waals surface area contributed by atoms with Crippen LogP contribution in [0.15, 0.2) is 65.3 Å². The maximum absolute atomic E-state index is 12.5. The van der Waals surface area contributed by atoms with Crippen LogP contribution in [0.1, 0.15) is 27.4 Å². The number of benzene rings is 2. The molecule has 0 aliphatic carbocycles. The van der Waals surface area contributed by atoms with Crippen molar-refractivity contribution in [3.05, 3.63) is 98.7 Å². The predicted molar refractivity (Wildman–Crippen MR) is 128 cm³/mol. The molecule has 2 heterocycles. The summed E-state index contributed by atoms with van der Waals surface area (Å²) in [7, 11) is 0. The summed E-state index contributed by atoms with van der Waals surface area (Å²) in [6.45, 7) is 4.10. The molecule has 1 amide bonds. The van der Waals surface area contributed by atoms with Crippen LogP contribution in [0.4, 0.5) is 11.4 Å². The van der Waals surface area contributed by atoms with Gasteiger partial charge >= 0.3 is 0 Å². The molecule has 0 atom stereocenters. The highest BCUT2D eigenvalue weighted by Crippen LogP contribution is 2.29. The minimum Gasteiger partial charge on any atom is -0.484 e. The molecule has 0 unspecified atom stereocenters. The number of non-ortho nitro benzene ring substituents is 1. The zero-order valence-corrected chi connectivity index (χ0v) is 19.6. The molecule has 0 saturated heterocycles. The van der Waals surface area contributed by atoms with Gasteiger partial charge in [0.1, 0.15) is 23.9 Å². The Morgan fingerprint density at radius 2 is 1.97 bits per heavy atom. The number of amides is 1. The van der Waals surface area contributed by atoms with E-state index < -0.39 is 10.8 Å². The summed E-state index contributed by atoms with van der Waals surface area (Å²) < 4.78 is 18.4. The summed E-state index contributed by atoms with van der Waals surface area (Å²) in [5, 5.41) is 18.0. The number of ether oxygens (including phenoxy) is 2. The monoisotopic (exact) mass is 496 g/mol. The van der Waals surface area contributed by atoms with Gasteiger partial charge in [0.25, 0.3) is 11.6 Å². The van der Waals surface area contributed by atoms with Crippen LogP contribution in [0.5, 0.6) is 11.5 Å². The number of carbonyl (C=O) groups is 1. The van der Waals surface area contributed by atoms with Crippen molar-refractivity contribution in [3.63, 3.8) is 0 Å². The third-order valence-corrected chi connectivity index (χ3v) is 5.27. The molecule has 10 nitrogen and oxygen atoms in total. The van der Waals surface area contributed by atoms with Gasteiger partial charge in [-0.25, -0.2) is 4.68 Å². The van der Waals surface area contributed by atoms with Crippen molar-refractivity contribution < 1.29 is 23.6 Å². The highest BCUT2D eigenvalue weighted by Gasteiger charge is 2.15. The van der Waals surface area contributed by atoms with Crippen LogP contribution in [0.3, 0.4) is 0 Å². The average molecular weight is 497 g/mol. The van der Waals surface area contributed by atoms with E-state index in [1.807, 2.05) is 32.0 Å². The molecule has 35 heavy (non-hydrogen) atoms. The number of rotatable bonds is 9. The Kier molecular flexibility index (Phi) is 7.02. The summed E-state index contributed by atoms with van der Waals surface area (Å²) in [5.41, 5.74) is 2.50. The maximum atomic E-state index is 12.5. The first-order valence-electron chi connectivity index (χ1n) is 10.5. The number of anilines is 1. The average Bonchev–Trinajstić information content (AvgIpc) is 3.47. The quantitative estimate of drug-likeness (QED) is 0.239. The van der Waals surface area contributed by atoms with Gasteiger partial charge in [0.2, 0.25) is 0 Å². The molecule has 2 aromatic carbocycles. The lowest BCUT2D eigenvalue weighted by atomic mass is 10.1. The van der Waals surface area contributed by atoms with Crippen LogP contribution in [0.2, 0.25) is 5.02 Å². The van der Waals surface area contributed by atoms with Gasteiger partial charge in [-0.15, -0.1) is 0 Å². The minimum absolute atomic E-state index is 0.0630. The van der Waals surface area contributed by atoms with E-state index in [4.69, 9.17) is 25.5 Å². The molecular formula is C24H21ClN4O6. The summed E-state index contributed by atoms with van der Waals surface area (Å²) in [4.78, 5) is 22.9. The number of nitrogens with zero attached hydrogens (tertiary/aromatic N) is 3. The van der Waals surface area contributed by atoms with Gasteiger partial charge in [0.15, 0.2) is 12.5 Å². The van der Waals surface area contributed by atoms with Gasteiger partial charge in [-0.3, -0.25) is 14.9 Å². The first kappa shape index (κ1) is 23.8. The lowest BCUT2D eigenvalue weighted by Gasteiger charge is -2.09. The fraction of sp³-hybridized carbons (Fsp3) is 0.167. The van der Waals surface area contributed by atoms with Crippen molar-refractivity contribution in [3.8, 4) is 11.5 Å². The van der Waals surface area contributed by atoms with E-state index in [9.17, 15) is 14.9 Å². The number of hydrogen-bond donors (Lipinski definition) is 1. The third kappa shape index (κ3) is 5.98. The first-order valence-corrected chi connectivity index (χ1v) is 10.9. The fourth-order valence-corrected chi connectivity index (χ4v) is 3.40. The van der Waals surface area contributed by atoms with Crippen molar-refractivity contribution in [2.75, 3.05) is 5.32 Å². The Balaban J connectivity index is 1.32. The van der Waals surface area contributed by atoms with Gasteiger partial charge < -0.3 is 19.2 Å². The Hall–Kier alpha value is -4.31. The van der Waals surface area contributed by atoms with Crippen LogP contribution in [0.25, 0.3) is 0 Å². The topological polar surface area (TPSA) is 122 Å². The molecule has 180 valence electrons. The molecule has 0 bridgehead atoms. The molecule has 2 aromatic heterocycles. The van der Waals surface area contributed by atoms with Crippen LogP contribution in [-0.4, -0.2) is 20.6 Å². The number of aryl methyl sites for hydroxylation is 2. The second kappa shape index (κ2) is 10.3. The van der Waals surface area contributed by atoms with Crippen molar-refractivity contribution >= 4 is 28.9 Å². The van der Waals surface area contributed by atoms with E-state index >= 15 is 0 Å². The predicted octanol–water partition coefficient (Wildman–Crippen LogP) is 5.52. The normalized spacial score (nSPS) is 10.7. The molecule has 4 aromatic rings. The van der Waals surface area contributed by atoms with Crippen LogP contribution >= 0.6 is 11.6 Å². The Morgan fingerprint density at radius 1 is 1.14 bits per heavy atom. The second-order valence-electron chi connectivity index (χ2n) is 7.69. The Labute approximate surface area is 205 Å².